The molecular weight excluding hydrogens is 354 g/mol. The summed E-state index contributed by atoms with van der Waals surface area (Å²) in [4.78, 5) is 29.3. The Labute approximate surface area is 153 Å². The van der Waals surface area contributed by atoms with Crippen LogP contribution < -0.4 is 10.3 Å². The van der Waals surface area contributed by atoms with E-state index < -0.39 is 5.97 Å². The molecule has 134 valence electrons. The number of rotatable bonds is 6. The lowest BCUT2D eigenvalue weighted by Gasteiger charge is -2.06. The van der Waals surface area contributed by atoms with Gasteiger partial charge in [0, 0.05) is 12.0 Å². The molecule has 2 aromatic heterocycles. The summed E-state index contributed by atoms with van der Waals surface area (Å²) >= 11 is 1.42. The number of carbonyl (C=O) groups excluding carboxylic acids is 1. The zero-order valence-electron chi connectivity index (χ0n) is 14.2. The molecule has 1 saturated carbocycles. The summed E-state index contributed by atoms with van der Waals surface area (Å²) in [5.41, 5.74) is 0.575. The first-order valence-electron chi connectivity index (χ1n) is 8.43. The first-order chi connectivity index (χ1) is 12.6. The molecule has 0 bridgehead atoms. The molecule has 7 nitrogen and oxygen atoms in total. The molecule has 0 spiro atoms. The van der Waals surface area contributed by atoms with Gasteiger partial charge in [-0.2, -0.15) is 9.61 Å². The van der Waals surface area contributed by atoms with Crippen LogP contribution in [0.1, 0.15) is 46.7 Å². The SMILES string of the molecule is CCOc1ccc(C(=O)OCc2cc(=O)n3nc(C4CC4)sc3n2)cc1. The number of hydrogen-bond acceptors (Lipinski definition) is 7. The standard InChI is InChI=1S/C18H17N3O4S/c1-2-24-14-7-5-12(6-8-14)17(23)25-10-13-9-15(22)21-18(19-13)26-16(20-21)11-3-4-11/h5-9,11H,2-4,10H2,1H3. The average molecular weight is 371 g/mol. The third-order valence-electron chi connectivity index (χ3n) is 3.99. The highest BCUT2D eigenvalue weighted by atomic mass is 32.1. The molecule has 1 aromatic carbocycles. The zero-order chi connectivity index (χ0) is 18.1. The lowest BCUT2D eigenvalue weighted by atomic mass is 10.2. The number of benzene rings is 1. The number of ether oxygens (including phenoxy) is 2. The fourth-order valence-electron chi connectivity index (χ4n) is 2.52. The highest BCUT2D eigenvalue weighted by molar-refractivity contribution is 7.16. The number of carbonyl (C=O) groups is 1. The lowest BCUT2D eigenvalue weighted by Crippen LogP contribution is -2.16. The summed E-state index contributed by atoms with van der Waals surface area (Å²) in [6.45, 7) is 2.40. The summed E-state index contributed by atoms with van der Waals surface area (Å²) in [6, 6.07) is 8.07. The van der Waals surface area contributed by atoms with Crippen LogP contribution in [-0.2, 0) is 11.3 Å². The van der Waals surface area contributed by atoms with E-state index in [1.54, 1.807) is 24.3 Å². The van der Waals surface area contributed by atoms with Crippen LogP contribution in [0.4, 0.5) is 0 Å². The van der Waals surface area contributed by atoms with E-state index >= 15 is 0 Å². The Morgan fingerprint density at radius 3 is 2.77 bits per heavy atom. The van der Waals surface area contributed by atoms with Crippen molar-refractivity contribution < 1.29 is 14.3 Å². The second-order valence-electron chi connectivity index (χ2n) is 6.03. The van der Waals surface area contributed by atoms with Crippen LogP contribution in [0.25, 0.3) is 4.96 Å². The monoisotopic (exact) mass is 371 g/mol. The van der Waals surface area contributed by atoms with Crippen LogP contribution in [-0.4, -0.2) is 27.2 Å². The van der Waals surface area contributed by atoms with Gasteiger partial charge in [0.15, 0.2) is 0 Å². The van der Waals surface area contributed by atoms with Crippen molar-refractivity contribution in [2.24, 2.45) is 0 Å². The molecule has 0 unspecified atom stereocenters. The van der Waals surface area contributed by atoms with Crippen LogP contribution in [0.15, 0.2) is 35.1 Å². The third kappa shape index (κ3) is 3.45. The van der Waals surface area contributed by atoms with Crippen LogP contribution in [0, 0.1) is 0 Å². The number of hydrogen-bond donors (Lipinski definition) is 0. The number of esters is 1. The molecule has 8 heteroatoms. The van der Waals surface area contributed by atoms with E-state index in [1.165, 1.54) is 21.9 Å². The minimum atomic E-state index is -0.474. The minimum Gasteiger partial charge on any atom is -0.494 e. The fraction of sp³-hybridized carbons (Fsp3) is 0.333. The van der Waals surface area contributed by atoms with E-state index in [9.17, 15) is 9.59 Å². The number of nitrogens with zero attached hydrogens (tertiary/aromatic N) is 3. The Morgan fingerprint density at radius 1 is 1.31 bits per heavy atom. The number of aromatic nitrogens is 3. The highest BCUT2D eigenvalue weighted by Crippen LogP contribution is 2.41. The second-order valence-corrected chi connectivity index (χ2v) is 7.02. The van der Waals surface area contributed by atoms with Crippen molar-refractivity contribution in [1.82, 2.24) is 14.6 Å². The van der Waals surface area contributed by atoms with Gasteiger partial charge in [0.1, 0.15) is 17.4 Å². The molecule has 0 amide bonds. The molecule has 1 aliphatic carbocycles. The molecule has 1 aliphatic rings. The van der Waals surface area contributed by atoms with Crippen LogP contribution in [0.5, 0.6) is 5.75 Å². The summed E-state index contributed by atoms with van der Waals surface area (Å²) in [7, 11) is 0. The maximum atomic E-state index is 12.2. The Hall–Kier alpha value is -2.74. The van der Waals surface area contributed by atoms with Crippen molar-refractivity contribution in [3.05, 3.63) is 57.0 Å². The van der Waals surface area contributed by atoms with Crippen LogP contribution in [0.2, 0.25) is 0 Å². The molecule has 0 atom stereocenters. The quantitative estimate of drug-likeness (QED) is 0.620. The van der Waals surface area contributed by atoms with E-state index in [2.05, 4.69) is 10.1 Å². The molecular formula is C18H17N3O4S. The van der Waals surface area contributed by atoms with Crippen LogP contribution in [0.3, 0.4) is 0 Å². The Morgan fingerprint density at radius 2 is 2.08 bits per heavy atom. The molecule has 2 heterocycles. The molecule has 0 radical (unpaired) electrons. The van der Waals surface area contributed by atoms with E-state index in [0.29, 0.717) is 34.5 Å². The summed E-state index contributed by atoms with van der Waals surface area (Å²) < 4.78 is 11.9. The summed E-state index contributed by atoms with van der Waals surface area (Å²) in [5, 5.41) is 5.26. The second kappa shape index (κ2) is 6.87. The predicted molar refractivity (Wildman–Crippen MR) is 95.8 cm³/mol. The van der Waals surface area contributed by atoms with Crippen molar-refractivity contribution in [3.8, 4) is 5.75 Å². The normalized spacial score (nSPS) is 13.7. The molecule has 3 aromatic rings. The van der Waals surface area contributed by atoms with Gasteiger partial charge >= 0.3 is 5.97 Å². The van der Waals surface area contributed by atoms with Crippen molar-refractivity contribution in [2.75, 3.05) is 6.61 Å². The third-order valence-corrected chi connectivity index (χ3v) is 5.06. The average Bonchev–Trinajstić information content (AvgIpc) is 3.40. The van der Waals surface area contributed by atoms with E-state index in [0.717, 1.165) is 17.8 Å². The van der Waals surface area contributed by atoms with Crippen molar-refractivity contribution in [3.63, 3.8) is 0 Å². The maximum absolute atomic E-state index is 12.2. The van der Waals surface area contributed by atoms with Gasteiger partial charge in [-0.05, 0) is 44.0 Å². The molecule has 0 aliphatic heterocycles. The fourth-order valence-corrected chi connectivity index (χ4v) is 3.61. The molecule has 26 heavy (non-hydrogen) atoms. The maximum Gasteiger partial charge on any atom is 0.338 e. The minimum absolute atomic E-state index is 0.0611. The van der Waals surface area contributed by atoms with Gasteiger partial charge in [0.25, 0.3) is 5.56 Å². The van der Waals surface area contributed by atoms with Crippen molar-refractivity contribution >= 4 is 22.3 Å². The summed E-state index contributed by atoms with van der Waals surface area (Å²) in [5.74, 6) is 0.681. The Balaban J connectivity index is 1.46. The molecule has 0 saturated heterocycles. The lowest BCUT2D eigenvalue weighted by molar-refractivity contribution is 0.0467. The van der Waals surface area contributed by atoms with Gasteiger partial charge < -0.3 is 9.47 Å². The van der Waals surface area contributed by atoms with Crippen molar-refractivity contribution in [2.45, 2.75) is 32.3 Å². The summed E-state index contributed by atoms with van der Waals surface area (Å²) in [6.07, 6.45) is 2.22. The molecule has 0 N–H and O–H groups in total. The smallest absolute Gasteiger partial charge is 0.338 e. The molecule has 1 fully saturated rings. The topological polar surface area (TPSA) is 82.8 Å². The number of fused-ring (bicyclic) bond motifs is 1. The zero-order valence-corrected chi connectivity index (χ0v) is 15.0. The van der Waals surface area contributed by atoms with Gasteiger partial charge in [-0.3, -0.25) is 4.79 Å². The van der Waals surface area contributed by atoms with E-state index in [1.807, 2.05) is 6.92 Å². The van der Waals surface area contributed by atoms with E-state index in [4.69, 9.17) is 9.47 Å². The van der Waals surface area contributed by atoms with Gasteiger partial charge in [0.2, 0.25) is 4.96 Å². The van der Waals surface area contributed by atoms with Gasteiger partial charge in [0.05, 0.1) is 17.9 Å². The first-order valence-corrected chi connectivity index (χ1v) is 9.25. The van der Waals surface area contributed by atoms with Crippen LogP contribution >= 0.6 is 11.3 Å². The highest BCUT2D eigenvalue weighted by Gasteiger charge is 2.28. The Kier molecular flexibility index (Phi) is 4.42. The van der Waals surface area contributed by atoms with Gasteiger partial charge in [-0.25, -0.2) is 9.78 Å². The van der Waals surface area contributed by atoms with Crippen molar-refractivity contribution in [1.29, 1.82) is 0 Å². The first kappa shape index (κ1) is 16.7. The van der Waals surface area contributed by atoms with E-state index in [-0.39, 0.29) is 12.2 Å². The van der Waals surface area contributed by atoms with Gasteiger partial charge in [-0.1, -0.05) is 11.3 Å². The molecule has 4 rings (SSSR count). The predicted octanol–water partition coefficient (Wildman–Crippen LogP) is 2.78. The largest absolute Gasteiger partial charge is 0.494 e. The van der Waals surface area contributed by atoms with Gasteiger partial charge in [-0.15, -0.1) is 0 Å². The Bertz CT molecular complexity index is 1010.